The molecule has 0 spiro atoms. The zero-order valence-corrected chi connectivity index (χ0v) is 12.9. The molecule has 0 aromatic heterocycles. The van der Waals surface area contributed by atoms with Crippen molar-refractivity contribution in [2.24, 2.45) is 5.92 Å². The lowest BCUT2D eigenvalue weighted by Crippen LogP contribution is -2.33. The zero-order valence-electron chi connectivity index (χ0n) is 12.1. The van der Waals surface area contributed by atoms with Crippen LogP contribution in [0.1, 0.15) is 26.2 Å². The summed E-state index contributed by atoms with van der Waals surface area (Å²) in [6, 6.07) is 7.12. The summed E-state index contributed by atoms with van der Waals surface area (Å²) in [4.78, 5) is 0.421. The van der Waals surface area contributed by atoms with Crippen LogP contribution in [-0.4, -0.2) is 33.8 Å². The zero-order chi connectivity index (χ0) is 14.4. The van der Waals surface area contributed by atoms with Crippen LogP contribution in [0.3, 0.4) is 0 Å². The molecule has 1 aromatic carbocycles. The second-order valence-electron chi connectivity index (χ2n) is 5.44. The van der Waals surface area contributed by atoms with E-state index in [1.54, 1.807) is 12.1 Å². The molecule has 0 bridgehead atoms. The number of hydrogen-bond donors (Lipinski definition) is 2. The Morgan fingerprint density at radius 2 is 2.05 bits per heavy atom. The second kappa shape index (κ2) is 7.09. The van der Waals surface area contributed by atoms with Gasteiger partial charge in [0, 0.05) is 12.2 Å². The molecule has 0 saturated carbocycles. The van der Waals surface area contributed by atoms with Gasteiger partial charge >= 0.3 is 0 Å². The van der Waals surface area contributed by atoms with E-state index in [0.29, 0.717) is 17.2 Å². The van der Waals surface area contributed by atoms with Gasteiger partial charge in [0.2, 0.25) is 0 Å². The number of piperidine rings is 1. The van der Waals surface area contributed by atoms with Gasteiger partial charge in [-0.1, -0.05) is 6.92 Å². The molecule has 20 heavy (non-hydrogen) atoms. The van der Waals surface area contributed by atoms with Crippen molar-refractivity contribution in [2.45, 2.75) is 31.1 Å². The first-order valence-corrected chi connectivity index (χ1v) is 9.04. The van der Waals surface area contributed by atoms with Crippen molar-refractivity contribution in [3.63, 3.8) is 0 Å². The van der Waals surface area contributed by atoms with Crippen LogP contribution in [0.2, 0.25) is 0 Å². The maximum atomic E-state index is 11.9. The maximum Gasteiger partial charge on any atom is 0.178 e. The highest BCUT2D eigenvalue weighted by Gasteiger charge is 2.14. The number of sulfone groups is 1. The predicted molar refractivity (Wildman–Crippen MR) is 82.9 cm³/mol. The first-order valence-electron chi connectivity index (χ1n) is 7.39. The molecule has 1 unspecified atom stereocenters. The maximum absolute atomic E-state index is 11.9. The van der Waals surface area contributed by atoms with Crippen molar-refractivity contribution in [1.29, 1.82) is 0 Å². The molecule has 1 aliphatic rings. The van der Waals surface area contributed by atoms with Crippen molar-refractivity contribution < 1.29 is 8.42 Å². The number of rotatable bonds is 6. The Labute approximate surface area is 121 Å². The van der Waals surface area contributed by atoms with Crippen LogP contribution in [-0.2, 0) is 9.84 Å². The van der Waals surface area contributed by atoms with E-state index >= 15 is 0 Å². The summed E-state index contributed by atoms with van der Waals surface area (Å²) in [5.41, 5.74) is 0.992. The highest BCUT2D eigenvalue weighted by Crippen LogP contribution is 2.17. The van der Waals surface area contributed by atoms with E-state index in [1.807, 2.05) is 19.1 Å². The molecule has 0 amide bonds. The van der Waals surface area contributed by atoms with Crippen molar-refractivity contribution >= 4 is 15.5 Å². The fourth-order valence-electron chi connectivity index (χ4n) is 2.53. The summed E-state index contributed by atoms with van der Waals surface area (Å²) in [6.45, 7) is 5.01. The monoisotopic (exact) mass is 296 g/mol. The minimum Gasteiger partial charge on any atom is -0.385 e. The third kappa shape index (κ3) is 4.21. The molecule has 4 nitrogen and oxygen atoms in total. The molecule has 1 fully saturated rings. The Kier molecular flexibility index (Phi) is 5.43. The first-order chi connectivity index (χ1) is 9.62. The van der Waals surface area contributed by atoms with Crippen molar-refractivity contribution in [3.05, 3.63) is 24.3 Å². The Hall–Kier alpha value is -1.07. The third-order valence-electron chi connectivity index (χ3n) is 3.68. The summed E-state index contributed by atoms with van der Waals surface area (Å²) in [7, 11) is -3.10. The molecule has 1 aromatic rings. The van der Waals surface area contributed by atoms with E-state index in [1.165, 1.54) is 12.8 Å². The molecule has 1 saturated heterocycles. The molecule has 1 heterocycles. The Balaban J connectivity index is 1.91. The summed E-state index contributed by atoms with van der Waals surface area (Å²) in [5, 5.41) is 6.79. The summed E-state index contributed by atoms with van der Waals surface area (Å²) in [6.07, 6.45) is 3.14. The van der Waals surface area contributed by atoms with Gasteiger partial charge < -0.3 is 10.6 Å². The Morgan fingerprint density at radius 3 is 2.65 bits per heavy atom. The number of hydrogen-bond acceptors (Lipinski definition) is 4. The molecule has 0 radical (unpaired) electrons. The molecule has 112 valence electrons. The summed E-state index contributed by atoms with van der Waals surface area (Å²) < 4.78 is 23.8. The Morgan fingerprint density at radius 1 is 1.30 bits per heavy atom. The Bertz CT molecular complexity index is 505. The quantitative estimate of drug-likeness (QED) is 0.845. The molecular weight excluding hydrogens is 272 g/mol. The number of benzene rings is 1. The minimum atomic E-state index is -3.10. The first kappa shape index (κ1) is 15.3. The highest BCUT2D eigenvalue weighted by molar-refractivity contribution is 7.91. The van der Waals surface area contributed by atoms with Gasteiger partial charge in [0.15, 0.2) is 9.84 Å². The average Bonchev–Trinajstić information content (AvgIpc) is 2.47. The van der Waals surface area contributed by atoms with Crippen LogP contribution < -0.4 is 10.6 Å². The molecule has 0 aliphatic carbocycles. The van der Waals surface area contributed by atoms with Gasteiger partial charge in [-0.05, 0) is 62.5 Å². The average molecular weight is 296 g/mol. The van der Waals surface area contributed by atoms with E-state index < -0.39 is 9.84 Å². The van der Waals surface area contributed by atoms with Crippen LogP contribution in [0.25, 0.3) is 0 Å². The van der Waals surface area contributed by atoms with E-state index in [2.05, 4.69) is 10.6 Å². The standard InChI is InChI=1S/C15H24N2O2S/c1-2-10-20(18,19)15-7-5-14(6-8-15)17-12-13-4-3-9-16-11-13/h5-8,13,16-17H,2-4,9-12H2,1H3. The van der Waals surface area contributed by atoms with Crippen molar-refractivity contribution in [1.82, 2.24) is 5.32 Å². The highest BCUT2D eigenvalue weighted by atomic mass is 32.2. The SMILES string of the molecule is CCCS(=O)(=O)c1ccc(NCC2CCCNC2)cc1. The van der Waals surface area contributed by atoms with E-state index in [9.17, 15) is 8.42 Å². The largest absolute Gasteiger partial charge is 0.385 e. The van der Waals surface area contributed by atoms with Gasteiger partial charge in [0.1, 0.15) is 0 Å². The lowest BCUT2D eigenvalue weighted by atomic mass is 10.00. The normalized spacial score (nSPS) is 19.8. The molecule has 1 atom stereocenters. The molecule has 5 heteroatoms. The number of anilines is 1. The lowest BCUT2D eigenvalue weighted by Gasteiger charge is -2.23. The van der Waals surface area contributed by atoms with Crippen LogP contribution >= 0.6 is 0 Å². The lowest BCUT2D eigenvalue weighted by molar-refractivity contribution is 0.393. The third-order valence-corrected chi connectivity index (χ3v) is 5.62. The minimum absolute atomic E-state index is 0.216. The van der Waals surface area contributed by atoms with Crippen LogP contribution in [0.15, 0.2) is 29.2 Å². The molecule has 2 rings (SSSR count). The molecular formula is C15H24N2O2S. The second-order valence-corrected chi connectivity index (χ2v) is 7.55. The smallest absolute Gasteiger partial charge is 0.178 e. The fourth-order valence-corrected chi connectivity index (χ4v) is 3.85. The van der Waals surface area contributed by atoms with E-state index in [4.69, 9.17) is 0 Å². The van der Waals surface area contributed by atoms with Crippen molar-refractivity contribution in [2.75, 3.05) is 30.7 Å². The van der Waals surface area contributed by atoms with Crippen LogP contribution in [0, 0.1) is 5.92 Å². The van der Waals surface area contributed by atoms with Gasteiger partial charge in [-0.3, -0.25) is 0 Å². The van der Waals surface area contributed by atoms with Gasteiger partial charge in [-0.2, -0.15) is 0 Å². The van der Waals surface area contributed by atoms with Crippen LogP contribution in [0.5, 0.6) is 0 Å². The van der Waals surface area contributed by atoms with E-state index in [0.717, 1.165) is 25.3 Å². The van der Waals surface area contributed by atoms with Crippen LogP contribution in [0.4, 0.5) is 5.69 Å². The van der Waals surface area contributed by atoms with Crippen molar-refractivity contribution in [3.8, 4) is 0 Å². The van der Waals surface area contributed by atoms with Gasteiger partial charge in [-0.25, -0.2) is 8.42 Å². The topological polar surface area (TPSA) is 58.2 Å². The molecule has 2 N–H and O–H groups in total. The van der Waals surface area contributed by atoms with Gasteiger partial charge in [0.25, 0.3) is 0 Å². The van der Waals surface area contributed by atoms with Gasteiger partial charge in [0.05, 0.1) is 10.6 Å². The summed E-state index contributed by atoms with van der Waals surface area (Å²) in [5.74, 6) is 0.875. The number of nitrogens with one attached hydrogen (secondary N) is 2. The van der Waals surface area contributed by atoms with Gasteiger partial charge in [-0.15, -0.1) is 0 Å². The summed E-state index contributed by atoms with van der Waals surface area (Å²) >= 11 is 0. The van der Waals surface area contributed by atoms with E-state index in [-0.39, 0.29) is 5.75 Å². The fraction of sp³-hybridized carbons (Fsp3) is 0.600. The predicted octanol–water partition coefficient (Wildman–Crippen LogP) is 2.28. The molecule has 1 aliphatic heterocycles.